The van der Waals surface area contributed by atoms with Gasteiger partial charge in [-0.25, -0.2) is 9.67 Å². The number of hydrogen-bond acceptors (Lipinski definition) is 6. The molecular formula is C13H17N7O3. The average molecular weight is 319 g/mol. The highest BCUT2D eigenvalue weighted by atomic mass is 16.6. The van der Waals surface area contributed by atoms with E-state index in [1.54, 1.807) is 11.0 Å². The summed E-state index contributed by atoms with van der Waals surface area (Å²) in [6.07, 6.45) is 8.41. The van der Waals surface area contributed by atoms with Gasteiger partial charge in [0.25, 0.3) is 5.91 Å². The van der Waals surface area contributed by atoms with Crippen LogP contribution in [0, 0.1) is 10.1 Å². The van der Waals surface area contributed by atoms with E-state index in [4.69, 9.17) is 0 Å². The highest BCUT2D eigenvalue weighted by Gasteiger charge is 2.26. The molecule has 10 heteroatoms. The summed E-state index contributed by atoms with van der Waals surface area (Å²) in [4.78, 5) is 26.5. The highest BCUT2D eigenvalue weighted by molar-refractivity contribution is 6.04. The van der Waals surface area contributed by atoms with E-state index in [1.807, 2.05) is 0 Å². The summed E-state index contributed by atoms with van der Waals surface area (Å²) in [7, 11) is 1.51. The molecule has 10 nitrogen and oxygen atoms in total. The lowest BCUT2D eigenvalue weighted by molar-refractivity contribution is -0.385. The summed E-state index contributed by atoms with van der Waals surface area (Å²) in [6, 6.07) is 0.297. The van der Waals surface area contributed by atoms with Crippen molar-refractivity contribution in [2.24, 2.45) is 7.05 Å². The molecule has 1 aliphatic carbocycles. The predicted octanol–water partition coefficient (Wildman–Crippen LogP) is 1.68. The van der Waals surface area contributed by atoms with E-state index in [-0.39, 0.29) is 17.3 Å². The van der Waals surface area contributed by atoms with Crippen LogP contribution in [0.4, 0.5) is 11.6 Å². The predicted molar refractivity (Wildman–Crippen MR) is 80.0 cm³/mol. The summed E-state index contributed by atoms with van der Waals surface area (Å²) in [5.41, 5.74) is -0.608. The first-order chi connectivity index (χ1) is 11.0. The maximum absolute atomic E-state index is 12.2. The van der Waals surface area contributed by atoms with Gasteiger partial charge in [0.2, 0.25) is 11.6 Å². The molecule has 0 aromatic carbocycles. The summed E-state index contributed by atoms with van der Waals surface area (Å²) < 4.78 is 2.97. The number of nitrogens with one attached hydrogen (secondary N) is 1. The second-order valence-electron chi connectivity index (χ2n) is 5.59. The van der Waals surface area contributed by atoms with Gasteiger partial charge in [-0.15, -0.1) is 5.10 Å². The van der Waals surface area contributed by atoms with E-state index < -0.39 is 10.8 Å². The number of rotatable bonds is 4. The smallest absolute Gasteiger partial charge is 0.287 e. The maximum Gasteiger partial charge on any atom is 0.320 e. The molecule has 1 aliphatic rings. The second kappa shape index (κ2) is 6.15. The SMILES string of the molecule is Cn1cc([N+](=O)[O-])c(C(=O)Nc2ncn(C3CCCCC3)n2)n1. The molecule has 2 heterocycles. The largest absolute Gasteiger partial charge is 0.320 e. The molecule has 0 bridgehead atoms. The van der Waals surface area contributed by atoms with E-state index in [9.17, 15) is 14.9 Å². The van der Waals surface area contributed by atoms with Gasteiger partial charge in [-0.05, 0) is 12.8 Å². The molecule has 0 aliphatic heterocycles. The van der Waals surface area contributed by atoms with Crippen molar-refractivity contribution in [2.45, 2.75) is 38.1 Å². The van der Waals surface area contributed by atoms with E-state index in [0.29, 0.717) is 6.04 Å². The van der Waals surface area contributed by atoms with Crippen LogP contribution in [0.25, 0.3) is 0 Å². The number of carbonyl (C=O) groups is 1. The topological polar surface area (TPSA) is 121 Å². The van der Waals surface area contributed by atoms with E-state index >= 15 is 0 Å². The van der Waals surface area contributed by atoms with Gasteiger partial charge in [-0.3, -0.25) is 24.9 Å². The molecule has 2 aromatic heterocycles. The van der Waals surface area contributed by atoms with Gasteiger partial charge < -0.3 is 0 Å². The monoisotopic (exact) mass is 319 g/mol. The number of aromatic nitrogens is 5. The summed E-state index contributed by atoms with van der Waals surface area (Å²) >= 11 is 0. The average Bonchev–Trinajstić information content (AvgIpc) is 3.15. The summed E-state index contributed by atoms with van der Waals surface area (Å²) in [6.45, 7) is 0. The Labute approximate surface area is 131 Å². The van der Waals surface area contributed by atoms with Gasteiger partial charge >= 0.3 is 5.69 Å². The number of anilines is 1. The van der Waals surface area contributed by atoms with E-state index in [0.717, 1.165) is 25.7 Å². The first kappa shape index (κ1) is 15.1. The van der Waals surface area contributed by atoms with Crippen molar-refractivity contribution in [3.8, 4) is 0 Å². The van der Waals surface area contributed by atoms with Crippen molar-refractivity contribution < 1.29 is 9.72 Å². The van der Waals surface area contributed by atoms with Crippen LogP contribution in [0.3, 0.4) is 0 Å². The summed E-state index contributed by atoms with van der Waals surface area (Å²) in [5, 5.41) is 21.5. The maximum atomic E-state index is 12.2. The molecule has 1 saturated carbocycles. The number of carbonyl (C=O) groups excluding carboxylic acids is 1. The third-order valence-electron chi connectivity index (χ3n) is 3.90. The van der Waals surface area contributed by atoms with Gasteiger partial charge in [-0.2, -0.15) is 5.10 Å². The van der Waals surface area contributed by atoms with E-state index in [2.05, 4.69) is 20.5 Å². The Balaban J connectivity index is 1.73. The number of aryl methyl sites for hydroxylation is 1. The van der Waals surface area contributed by atoms with Crippen molar-refractivity contribution in [1.29, 1.82) is 0 Å². The number of amides is 1. The van der Waals surface area contributed by atoms with Crippen LogP contribution in [0.15, 0.2) is 12.5 Å². The van der Waals surface area contributed by atoms with Crippen LogP contribution in [-0.2, 0) is 7.05 Å². The zero-order chi connectivity index (χ0) is 16.4. The Hall–Kier alpha value is -2.78. The van der Waals surface area contributed by atoms with Gasteiger partial charge in [-0.1, -0.05) is 19.3 Å². The molecule has 0 unspecified atom stereocenters. The number of nitrogens with zero attached hydrogens (tertiary/aromatic N) is 6. The first-order valence-corrected chi connectivity index (χ1v) is 7.45. The highest BCUT2D eigenvalue weighted by Crippen LogP contribution is 2.27. The zero-order valence-electron chi connectivity index (χ0n) is 12.7. The van der Waals surface area contributed by atoms with Gasteiger partial charge in [0.15, 0.2) is 0 Å². The molecule has 0 saturated heterocycles. The minimum absolute atomic E-state index is 0.125. The van der Waals surface area contributed by atoms with Gasteiger partial charge in [0.05, 0.1) is 11.0 Å². The molecule has 23 heavy (non-hydrogen) atoms. The number of nitro groups is 1. The lowest BCUT2D eigenvalue weighted by Gasteiger charge is -2.20. The molecule has 1 fully saturated rings. The Morgan fingerprint density at radius 1 is 1.35 bits per heavy atom. The molecule has 1 amide bonds. The van der Waals surface area contributed by atoms with Crippen LogP contribution >= 0.6 is 0 Å². The van der Waals surface area contributed by atoms with Crippen molar-refractivity contribution in [3.05, 3.63) is 28.3 Å². The Morgan fingerprint density at radius 2 is 2.09 bits per heavy atom. The Morgan fingerprint density at radius 3 is 2.78 bits per heavy atom. The Kier molecular flexibility index (Phi) is 4.04. The van der Waals surface area contributed by atoms with Gasteiger partial charge in [0.1, 0.15) is 12.5 Å². The Bertz CT molecular complexity index is 730. The second-order valence-corrected chi connectivity index (χ2v) is 5.59. The molecule has 1 N–H and O–H groups in total. The van der Waals surface area contributed by atoms with Crippen LogP contribution in [0.5, 0.6) is 0 Å². The van der Waals surface area contributed by atoms with Crippen molar-refractivity contribution in [2.75, 3.05) is 5.32 Å². The standard InChI is InChI=1S/C13H17N7O3/c1-18-7-10(20(22)23)11(16-18)12(21)15-13-14-8-19(17-13)9-5-3-2-4-6-9/h7-9H,2-6H2,1H3,(H,15,17,21). The lowest BCUT2D eigenvalue weighted by Crippen LogP contribution is -2.17. The van der Waals surface area contributed by atoms with Crippen LogP contribution in [0.1, 0.15) is 48.6 Å². The molecule has 3 rings (SSSR count). The van der Waals surface area contributed by atoms with Crippen molar-refractivity contribution in [1.82, 2.24) is 24.5 Å². The van der Waals surface area contributed by atoms with Crippen LogP contribution in [0.2, 0.25) is 0 Å². The van der Waals surface area contributed by atoms with Crippen LogP contribution < -0.4 is 5.32 Å². The third kappa shape index (κ3) is 3.20. The fraction of sp³-hybridized carbons (Fsp3) is 0.538. The van der Waals surface area contributed by atoms with Crippen molar-refractivity contribution >= 4 is 17.5 Å². The molecular weight excluding hydrogens is 302 g/mol. The molecule has 122 valence electrons. The first-order valence-electron chi connectivity index (χ1n) is 7.45. The molecule has 0 spiro atoms. The minimum atomic E-state index is -0.696. The quantitative estimate of drug-likeness (QED) is 0.676. The molecule has 0 radical (unpaired) electrons. The number of hydrogen-bond donors (Lipinski definition) is 1. The fourth-order valence-corrected chi connectivity index (χ4v) is 2.79. The fourth-order valence-electron chi connectivity index (χ4n) is 2.79. The normalized spacial score (nSPS) is 15.5. The van der Waals surface area contributed by atoms with E-state index in [1.165, 1.54) is 24.3 Å². The van der Waals surface area contributed by atoms with Crippen LogP contribution in [-0.4, -0.2) is 35.4 Å². The minimum Gasteiger partial charge on any atom is -0.287 e. The van der Waals surface area contributed by atoms with Crippen molar-refractivity contribution in [3.63, 3.8) is 0 Å². The third-order valence-corrected chi connectivity index (χ3v) is 3.90. The molecule has 2 aromatic rings. The van der Waals surface area contributed by atoms with Gasteiger partial charge in [0, 0.05) is 7.05 Å². The summed E-state index contributed by atoms with van der Waals surface area (Å²) in [5.74, 6) is -0.570. The molecule has 0 atom stereocenters. The lowest BCUT2D eigenvalue weighted by atomic mass is 9.96. The zero-order valence-corrected chi connectivity index (χ0v) is 12.7.